The minimum absolute atomic E-state index is 0.448. The largest absolute Gasteiger partial charge is 0.375 e. The summed E-state index contributed by atoms with van der Waals surface area (Å²) in [6.07, 6.45) is 59.9. The third-order valence-electron chi connectivity index (χ3n) is 12.6. The first kappa shape index (κ1) is 66.1. The molecule has 0 aromatic heterocycles. The Hall–Kier alpha value is -0.220. The van der Waals surface area contributed by atoms with Crippen molar-refractivity contribution < 1.29 is 4.74 Å². The zero-order valence-corrected chi connectivity index (χ0v) is 45.0. The fourth-order valence-electron chi connectivity index (χ4n) is 8.64. The molecule has 0 amide bonds. The van der Waals surface area contributed by atoms with E-state index in [-0.39, 0.29) is 0 Å². The Morgan fingerprint density at radius 1 is 0.597 bits per heavy atom. The normalized spacial score (nSPS) is 14.8. The van der Waals surface area contributed by atoms with Crippen molar-refractivity contribution in [2.45, 2.75) is 317 Å². The predicted molar refractivity (Wildman–Crippen MR) is 292 cm³/mol. The third kappa shape index (κ3) is 57.8. The molecule has 0 saturated heterocycles. The molecular weight excluding hydrogens is 794 g/mol. The van der Waals surface area contributed by atoms with E-state index in [0.29, 0.717) is 12.2 Å². The summed E-state index contributed by atoms with van der Waals surface area (Å²) in [5, 5.41) is 0.809. The van der Waals surface area contributed by atoms with Crippen LogP contribution in [0.1, 0.15) is 304 Å². The molecule has 1 fully saturated rings. The van der Waals surface area contributed by atoms with E-state index >= 15 is 0 Å². The lowest BCUT2D eigenvalue weighted by Crippen LogP contribution is -2.17. The van der Waals surface area contributed by atoms with E-state index < -0.39 is 0 Å². The molecule has 0 bridgehead atoms. The predicted octanol–water partition coefficient (Wildman–Crippen LogP) is 21.2. The number of unbranched alkanes of at least 4 members (excludes halogenated alkanes) is 29. The second-order valence-corrected chi connectivity index (χ2v) is 19.9. The zero-order valence-electron chi connectivity index (χ0n) is 43.4. The summed E-state index contributed by atoms with van der Waals surface area (Å²) in [7, 11) is 0. The van der Waals surface area contributed by atoms with E-state index in [1.54, 1.807) is 0 Å². The Kier molecular flexibility index (Phi) is 62.6. The van der Waals surface area contributed by atoms with Crippen LogP contribution < -0.4 is 5.73 Å². The smallest absolute Gasteiger partial charge is 0.0581 e. The summed E-state index contributed by atoms with van der Waals surface area (Å²) in [5.74, 6) is 1.93. The van der Waals surface area contributed by atoms with Crippen LogP contribution in [0.25, 0.3) is 0 Å². The first-order chi connectivity index (χ1) is 30.3. The van der Waals surface area contributed by atoms with Gasteiger partial charge in [0.15, 0.2) is 0 Å². The highest BCUT2D eigenvalue weighted by Gasteiger charge is 2.26. The van der Waals surface area contributed by atoms with Crippen molar-refractivity contribution in [2.24, 2.45) is 11.7 Å². The topological polar surface area (TPSA) is 35.2 Å². The van der Waals surface area contributed by atoms with E-state index in [1.165, 1.54) is 256 Å². The van der Waals surface area contributed by atoms with Gasteiger partial charge in [-0.1, -0.05) is 250 Å². The van der Waals surface area contributed by atoms with Gasteiger partial charge in [-0.3, -0.25) is 0 Å². The quantitative estimate of drug-likeness (QED) is 0.0363. The van der Waals surface area contributed by atoms with Crippen molar-refractivity contribution in [3.05, 3.63) is 36.4 Å². The Balaban J connectivity index is -0.000000896. The van der Waals surface area contributed by atoms with Crippen LogP contribution in [0.4, 0.5) is 0 Å². The number of hydrogen-bond donors (Lipinski definition) is 2. The summed E-state index contributed by atoms with van der Waals surface area (Å²) in [4.78, 5) is 0. The standard InChI is InChI=1S/C27H53NO.C15H30.C14H27ClS.C2H6/c1-4-5-6-7-8-9-10-11-12-13-18-25(3)29-27-21-20-26(23-27)19-14-16-24(2)17-15-22-28;1-3-5-7-9-11-13-15-14-12-10-8-6-4-2;1-14(15)12-10-8-6-4-2-3-5-7-9-11-13-16;1-2/h25-27H,2,4-23,28H2,1,3H3;3H,1,4-15H2,2H3;16H,1-13H2;1-2H3/t25?,26?,27-;;;/m0.../s1. The summed E-state index contributed by atoms with van der Waals surface area (Å²) in [6, 6.07) is 0. The molecule has 0 heterocycles. The lowest BCUT2D eigenvalue weighted by Gasteiger charge is -2.19. The van der Waals surface area contributed by atoms with Crippen LogP contribution in [-0.4, -0.2) is 24.5 Å². The van der Waals surface area contributed by atoms with Crippen LogP contribution in [0.3, 0.4) is 0 Å². The van der Waals surface area contributed by atoms with Crippen LogP contribution in [0.2, 0.25) is 0 Å². The van der Waals surface area contributed by atoms with Gasteiger partial charge < -0.3 is 10.5 Å². The number of ether oxygens (including phenoxy) is 1. The van der Waals surface area contributed by atoms with E-state index in [2.05, 4.69) is 53.1 Å². The van der Waals surface area contributed by atoms with Gasteiger partial charge in [0.1, 0.15) is 0 Å². The van der Waals surface area contributed by atoms with E-state index in [0.717, 1.165) is 42.5 Å². The molecule has 1 saturated carbocycles. The summed E-state index contributed by atoms with van der Waals surface area (Å²) in [6.45, 7) is 23.3. The minimum atomic E-state index is 0.448. The molecular formula is C58H116ClNOS. The van der Waals surface area contributed by atoms with Crippen LogP contribution >= 0.6 is 24.2 Å². The number of halogens is 1. The Morgan fingerprint density at radius 3 is 1.45 bits per heavy atom. The van der Waals surface area contributed by atoms with Crippen molar-refractivity contribution in [1.29, 1.82) is 0 Å². The number of nitrogens with two attached hydrogens (primary N) is 1. The third-order valence-corrected chi connectivity index (χ3v) is 13.1. The highest BCUT2D eigenvalue weighted by atomic mass is 35.5. The van der Waals surface area contributed by atoms with Crippen LogP contribution in [0, 0.1) is 5.92 Å². The van der Waals surface area contributed by atoms with Gasteiger partial charge in [-0.2, -0.15) is 12.6 Å². The summed E-state index contributed by atoms with van der Waals surface area (Å²) in [5.41, 5.74) is 6.98. The van der Waals surface area contributed by atoms with Crippen molar-refractivity contribution in [3.63, 3.8) is 0 Å². The van der Waals surface area contributed by atoms with Gasteiger partial charge in [0, 0.05) is 5.03 Å². The van der Waals surface area contributed by atoms with Crippen molar-refractivity contribution in [2.75, 3.05) is 12.3 Å². The average Bonchev–Trinajstić information content (AvgIpc) is 3.72. The van der Waals surface area contributed by atoms with Crippen molar-refractivity contribution in [1.82, 2.24) is 0 Å². The van der Waals surface area contributed by atoms with Crippen molar-refractivity contribution in [3.8, 4) is 0 Å². The lowest BCUT2D eigenvalue weighted by molar-refractivity contribution is -0.00516. The average molecular weight is 911 g/mol. The molecule has 1 aliphatic rings. The van der Waals surface area contributed by atoms with E-state index in [4.69, 9.17) is 22.1 Å². The number of rotatable bonds is 44. The molecule has 1 aliphatic carbocycles. The zero-order chi connectivity index (χ0) is 46.4. The first-order valence-corrected chi connectivity index (χ1v) is 28.9. The first-order valence-electron chi connectivity index (χ1n) is 27.9. The molecule has 0 radical (unpaired) electrons. The molecule has 2 N–H and O–H groups in total. The highest BCUT2D eigenvalue weighted by molar-refractivity contribution is 7.80. The van der Waals surface area contributed by atoms with Crippen molar-refractivity contribution >= 4 is 24.2 Å². The van der Waals surface area contributed by atoms with Crippen LogP contribution in [0.15, 0.2) is 36.4 Å². The Morgan fingerprint density at radius 2 is 1.02 bits per heavy atom. The molecule has 4 heteroatoms. The van der Waals surface area contributed by atoms with Gasteiger partial charge >= 0.3 is 0 Å². The fourth-order valence-corrected chi connectivity index (χ4v) is 9.00. The summed E-state index contributed by atoms with van der Waals surface area (Å²) >= 11 is 9.91. The Labute approximate surface area is 403 Å². The molecule has 62 heavy (non-hydrogen) atoms. The van der Waals surface area contributed by atoms with E-state index in [1.807, 2.05) is 19.9 Å². The molecule has 2 nitrogen and oxygen atoms in total. The van der Waals surface area contributed by atoms with Gasteiger partial charge in [-0.25, -0.2) is 0 Å². The highest BCUT2D eigenvalue weighted by Crippen LogP contribution is 2.33. The molecule has 0 aromatic rings. The van der Waals surface area contributed by atoms with Crippen LogP contribution in [0.5, 0.6) is 0 Å². The second-order valence-electron chi connectivity index (χ2n) is 18.9. The van der Waals surface area contributed by atoms with Crippen LogP contribution in [-0.2, 0) is 4.74 Å². The van der Waals surface area contributed by atoms with Gasteiger partial charge in [-0.05, 0) is 109 Å². The molecule has 3 atom stereocenters. The fraction of sp³-hybridized carbons (Fsp3) is 0.897. The number of thiol groups is 1. The molecule has 372 valence electrons. The molecule has 1 rings (SSSR count). The monoisotopic (exact) mass is 910 g/mol. The number of hydrogen-bond acceptors (Lipinski definition) is 3. The van der Waals surface area contributed by atoms with Gasteiger partial charge in [0.2, 0.25) is 0 Å². The maximum absolute atomic E-state index is 6.37. The van der Waals surface area contributed by atoms with Gasteiger partial charge in [-0.15, -0.1) is 6.58 Å². The lowest BCUT2D eigenvalue weighted by atomic mass is 9.97. The molecule has 0 aromatic carbocycles. The Bertz CT molecular complexity index is 862. The molecule has 0 aliphatic heterocycles. The van der Waals surface area contributed by atoms with E-state index in [9.17, 15) is 0 Å². The molecule has 2 unspecified atom stereocenters. The van der Waals surface area contributed by atoms with Gasteiger partial charge in [0.25, 0.3) is 0 Å². The minimum Gasteiger partial charge on any atom is -0.375 e. The number of allylic oxidation sites excluding steroid dienone is 3. The maximum Gasteiger partial charge on any atom is 0.0581 e. The second kappa shape index (κ2) is 58.8. The molecule has 0 spiro atoms. The van der Waals surface area contributed by atoms with Gasteiger partial charge in [0.05, 0.1) is 12.2 Å². The maximum atomic E-state index is 6.37. The summed E-state index contributed by atoms with van der Waals surface area (Å²) < 4.78 is 6.37. The SMILES string of the molecule is C=C(CCCN)CCCC1CC[C@H](OC(C)CCCCCCCCCCCC)C1.C=C(Cl)CCCCCCCCCCCCS.C=CCCCCCCCCCCCCC.CC.